The average Bonchev–Trinajstić information content (AvgIpc) is 3.56. The number of ether oxygens (including phenoxy) is 1. The minimum Gasteiger partial charge on any atom is -0.444 e. The van der Waals surface area contributed by atoms with Crippen molar-refractivity contribution in [1.82, 2.24) is 19.7 Å². The van der Waals surface area contributed by atoms with Crippen LogP contribution in [0.25, 0.3) is 22.4 Å². The molecule has 37 heavy (non-hydrogen) atoms. The maximum atomic E-state index is 13.2. The molecule has 0 aliphatic carbocycles. The Kier molecular flexibility index (Phi) is 8.72. The molecule has 196 valence electrons. The second kappa shape index (κ2) is 12.2. The number of hydrogen-bond acceptors (Lipinski definition) is 9. The number of rotatable bonds is 7. The van der Waals surface area contributed by atoms with Crippen molar-refractivity contribution < 1.29 is 18.6 Å². The van der Waals surface area contributed by atoms with Crippen LogP contribution < -0.4 is 16.0 Å². The van der Waals surface area contributed by atoms with E-state index >= 15 is 0 Å². The molecular formula is C25H30ClN7O4. The molecule has 1 amide bonds. The van der Waals surface area contributed by atoms with Crippen LogP contribution in [0.15, 0.2) is 47.3 Å². The number of halogens is 1. The molecule has 0 atom stereocenters. The fourth-order valence-electron chi connectivity index (χ4n) is 4.29. The number of nitrogens with zero attached hydrogens (tertiary/aromatic N) is 5. The summed E-state index contributed by atoms with van der Waals surface area (Å²) in [6.07, 6.45) is 6.81. The third-order valence-electron chi connectivity index (χ3n) is 6.20. The van der Waals surface area contributed by atoms with Crippen LogP contribution in [0.4, 0.5) is 11.4 Å². The first-order chi connectivity index (χ1) is 18.0. The van der Waals surface area contributed by atoms with Gasteiger partial charge in [-0.1, -0.05) is 0 Å². The van der Waals surface area contributed by atoms with Gasteiger partial charge in [-0.3, -0.25) is 19.1 Å². The van der Waals surface area contributed by atoms with Crippen LogP contribution in [-0.4, -0.2) is 63.2 Å². The van der Waals surface area contributed by atoms with Crippen LogP contribution in [0.5, 0.6) is 0 Å². The molecule has 1 aliphatic heterocycles. The molecule has 1 fully saturated rings. The third kappa shape index (κ3) is 6.25. The van der Waals surface area contributed by atoms with E-state index in [1.165, 1.54) is 6.26 Å². The van der Waals surface area contributed by atoms with Gasteiger partial charge in [-0.25, -0.2) is 4.98 Å². The smallest absolute Gasteiger partial charge is 0.277 e. The van der Waals surface area contributed by atoms with E-state index in [1.54, 1.807) is 19.4 Å². The summed E-state index contributed by atoms with van der Waals surface area (Å²) in [6, 6.07) is 7.85. The second-order valence-corrected chi connectivity index (χ2v) is 8.82. The van der Waals surface area contributed by atoms with Crippen LogP contribution in [0, 0.1) is 6.92 Å². The Hall–Kier alpha value is -3.51. The number of anilines is 2. The molecule has 4 N–H and O–H groups in total. The Balaban J connectivity index is 0.00000156. The van der Waals surface area contributed by atoms with Gasteiger partial charge in [0.2, 0.25) is 5.89 Å². The van der Waals surface area contributed by atoms with Crippen molar-refractivity contribution in [2.45, 2.75) is 32.4 Å². The first-order valence-corrected chi connectivity index (χ1v) is 12.2. The first-order valence-electron chi connectivity index (χ1n) is 11.9. The van der Waals surface area contributed by atoms with Crippen LogP contribution in [-0.2, 0) is 11.3 Å². The summed E-state index contributed by atoms with van der Waals surface area (Å²) >= 11 is 3.64. The lowest BCUT2D eigenvalue weighted by atomic mass is 10.0. The zero-order valence-corrected chi connectivity index (χ0v) is 21.5. The van der Waals surface area contributed by atoms with Crippen molar-refractivity contribution in [3.05, 3.63) is 54.3 Å². The molecule has 3 aromatic heterocycles. The van der Waals surface area contributed by atoms with E-state index in [9.17, 15) is 4.79 Å². The minimum atomic E-state index is -0.341. The van der Waals surface area contributed by atoms with Gasteiger partial charge in [0.05, 0.1) is 41.9 Å². The Labute approximate surface area is 219 Å². The van der Waals surface area contributed by atoms with Gasteiger partial charge in [-0.05, 0) is 44.0 Å². The number of nitrogens with one attached hydrogen (secondary N) is 1. The Morgan fingerprint density at radius 3 is 2.81 bits per heavy atom. The monoisotopic (exact) mass is 527 g/mol. The average molecular weight is 528 g/mol. The van der Waals surface area contributed by atoms with Crippen molar-refractivity contribution in [3.63, 3.8) is 0 Å². The quantitative estimate of drug-likeness (QED) is 0.329. The van der Waals surface area contributed by atoms with Gasteiger partial charge in [-0.2, -0.15) is 5.10 Å². The predicted molar refractivity (Wildman–Crippen MR) is 142 cm³/mol. The molecule has 0 spiro atoms. The highest BCUT2D eigenvalue weighted by atomic mass is 35.5. The zero-order valence-electron chi connectivity index (χ0n) is 20.7. The molecule has 0 radical (unpaired) electrons. The van der Waals surface area contributed by atoms with Crippen molar-refractivity contribution >= 4 is 40.1 Å². The van der Waals surface area contributed by atoms with E-state index in [1.807, 2.05) is 36.0 Å². The number of carbonyl (C=O) groups is 1. The van der Waals surface area contributed by atoms with Crippen molar-refractivity contribution in [1.29, 1.82) is 0 Å². The van der Waals surface area contributed by atoms with Gasteiger partial charge in [0.15, 0.2) is 5.69 Å². The molecule has 4 aromatic rings. The number of oxazole rings is 1. The van der Waals surface area contributed by atoms with Crippen LogP contribution >= 0.6 is 11.9 Å². The number of piperidine rings is 1. The molecular weight excluding hydrogens is 498 g/mol. The van der Waals surface area contributed by atoms with Gasteiger partial charge in [0.25, 0.3) is 5.91 Å². The summed E-state index contributed by atoms with van der Waals surface area (Å²) in [5.74, 6) is 0.0348. The summed E-state index contributed by atoms with van der Waals surface area (Å²) < 4.78 is 19.1. The number of carbonyl (C=O) groups excluding carboxylic acids is 1. The minimum absolute atomic E-state index is 0.201. The van der Waals surface area contributed by atoms with Gasteiger partial charge < -0.3 is 25.1 Å². The number of amides is 1. The Morgan fingerprint density at radius 2 is 2.08 bits per heavy atom. The molecule has 5 rings (SSSR count). The van der Waals surface area contributed by atoms with Gasteiger partial charge >= 0.3 is 0 Å². The second-order valence-electron chi connectivity index (χ2n) is 8.82. The predicted octanol–water partition coefficient (Wildman–Crippen LogP) is 3.35. The van der Waals surface area contributed by atoms with E-state index in [-0.39, 0.29) is 17.6 Å². The fraction of sp³-hybridized carbons (Fsp3) is 0.360. The Bertz CT molecular complexity index is 1350. The van der Waals surface area contributed by atoms with E-state index in [0.717, 1.165) is 53.8 Å². The topological polar surface area (TPSA) is 145 Å². The molecule has 1 aromatic carbocycles. The lowest BCUT2D eigenvalue weighted by Crippen LogP contribution is -2.40. The van der Waals surface area contributed by atoms with Crippen molar-refractivity contribution in [2.24, 2.45) is 5.73 Å². The number of methoxy groups -OCH3 is 1. The van der Waals surface area contributed by atoms with Crippen LogP contribution in [0.1, 0.15) is 29.0 Å². The number of nitrogens with two attached hydrogens (primary N) is 1. The van der Waals surface area contributed by atoms with Crippen LogP contribution in [0.3, 0.4) is 0 Å². The first kappa shape index (κ1) is 26.6. The molecule has 4 heterocycles. The fourth-order valence-corrected chi connectivity index (χ4v) is 4.29. The summed E-state index contributed by atoms with van der Waals surface area (Å²) in [5, 5.41) is 8.66. The number of benzene rings is 1. The van der Waals surface area contributed by atoms with E-state index < -0.39 is 0 Å². The lowest BCUT2D eigenvalue weighted by Gasteiger charge is -2.33. The molecule has 11 nitrogen and oxygen atoms in total. The van der Waals surface area contributed by atoms with E-state index in [4.69, 9.17) is 19.5 Å². The van der Waals surface area contributed by atoms with Gasteiger partial charge in [-0.15, -0.1) is 0 Å². The van der Waals surface area contributed by atoms with Crippen molar-refractivity contribution in [3.8, 4) is 11.5 Å². The summed E-state index contributed by atoms with van der Waals surface area (Å²) in [7, 11) is 1.67. The normalized spacial score (nSPS) is 13.9. The highest BCUT2D eigenvalue weighted by molar-refractivity contribution is 6.06. The molecule has 0 unspecified atom stereocenters. The highest BCUT2D eigenvalue weighted by Gasteiger charge is 2.22. The largest absolute Gasteiger partial charge is 0.444 e. The Morgan fingerprint density at radius 1 is 1.30 bits per heavy atom. The zero-order chi connectivity index (χ0) is 26.4. The van der Waals surface area contributed by atoms with E-state index in [2.05, 4.69) is 37.1 Å². The van der Waals surface area contributed by atoms with E-state index in [0.29, 0.717) is 24.7 Å². The molecule has 0 bridgehead atoms. The maximum absolute atomic E-state index is 13.2. The summed E-state index contributed by atoms with van der Waals surface area (Å²) in [4.78, 5) is 24.0. The standard InChI is InChI=1S/C25H29N7O3.ClHO/c1-16-11-17(3-6-27-16)25-29-22(15-35-25)24(33)28-21-12-18-14-32(9-10-34-2)30-20(18)13-23(21)31-7-4-19(26)5-8-31;1-2/h3,6,11-15,19H,4-5,7-10,26H2,1-2H3,(H,28,33);2H. The molecule has 12 heteroatoms. The number of pyridine rings is 1. The number of aromatic nitrogens is 4. The highest BCUT2D eigenvalue weighted by Crippen LogP contribution is 2.33. The number of hydrogen-bond donors (Lipinski definition) is 3. The molecule has 0 saturated carbocycles. The van der Waals surface area contributed by atoms with Gasteiger partial charge in [0, 0.05) is 55.3 Å². The SMILES string of the molecule is COCCn1cc2cc(NC(=O)c3coc(-c4ccnc(C)c4)n3)c(N3CCC(N)CC3)cc2n1.OCl. The summed E-state index contributed by atoms with van der Waals surface area (Å²) in [5.41, 5.74) is 10.4. The van der Waals surface area contributed by atoms with Crippen LogP contribution in [0.2, 0.25) is 0 Å². The van der Waals surface area contributed by atoms with Crippen molar-refractivity contribution in [2.75, 3.05) is 37.0 Å². The summed E-state index contributed by atoms with van der Waals surface area (Å²) in [6.45, 7) is 4.74. The maximum Gasteiger partial charge on any atom is 0.277 e. The number of aryl methyl sites for hydroxylation is 1. The lowest BCUT2D eigenvalue weighted by molar-refractivity contribution is 0.102. The number of fused-ring (bicyclic) bond motifs is 1. The third-order valence-corrected chi connectivity index (χ3v) is 6.20. The van der Waals surface area contributed by atoms with Gasteiger partial charge in [0.1, 0.15) is 6.26 Å². The molecule has 1 saturated heterocycles. The molecule has 1 aliphatic rings.